The summed E-state index contributed by atoms with van der Waals surface area (Å²) >= 11 is 0. The van der Waals surface area contributed by atoms with Gasteiger partial charge < -0.3 is 5.73 Å². The predicted molar refractivity (Wildman–Crippen MR) is 44.7 cm³/mol. The molecule has 0 amide bonds. The topological polar surface area (TPSA) is 26.0 Å². The van der Waals surface area contributed by atoms with Crippen LogP contribution >= 0.6 is 0 Å². The minimum Gasteiger partial charge on any atom is -0.322 e. The average Bonchev–Trinajstić information content (AvgIpc) is 1.88. The summed E-state index contributed by atoms with van der Waals surface area (Å²) in [6, 6.07) is 0. The van der Waals surface area contributed by atoms with Gasteiger partial charge in [-0.15, -0.1) is 0 Å². The van der Waals surface area contributed by atoms with Crippen LogP contribution in [0.15, 0.2) is 23.8 Å². The van der Waals surface area contributed by atoms with E-state index in [1.165, 1.54) is 12.0 Å². The van der Waals surface area contributed by atoms with Crippen LogP contribution < -0.4 is 5.73 Å². The molecule has 1 rings (SSSR count). The van der Waals surface area contributed by atoms with Crippen LogP contribution in [0, 0.1) is 0 Å². The highest BCUT2D eigenvalue weighted by atomic mass is 14.7. The molecule has 0 atom stereocenters. The molecule has 0 unspecified atom stereocenters. The Morgan fingerprint density at radius 3 is 2.40 bits per heavy atom. The summed E-state index contributed by atoms with van der Waals surface area (Å²) in [6.07, 6.45) is 8.85. The molecular formula is C9H15N. The third-order valence-corrected chi connectivity index (χ3v) is 1.74. The largest absolute Gasteiger partial charge is 0.322 e. The van der Waals surface area contributed by atoms with E-state index >= 15 is 0 Å². The zero-order valence-corrected chi connectivity index (χ0v) is 6.72. The first-order valence-electron chi connectivity index (χ1n) is 3.77. The smallest absolute Gasteiger partial charge is 0.0349 e. The summed E-state index contributed by atoms with van der Waals surface area (Å²) in [5.41, 5.74) is 7.00. The minimum atomic E-state index is -0.156. The zero-order chi connectivity index (χ0) is 7.61. The molecule has 0 saturated carbocycles. The number of nitrogens with two attached hydrogens (primary N) is 1. The summed E-state index contributed by atoms with van der Waals surface area (Å²) in [7, 11) is 0. The molecule has 1 aliphatic carbocycles. The van der Waals surface area contributed by atoms with E-state index in [2.05, 4.69) is 18.2 Å². The maximum Gasteiger partial charge on any atom is 0.0349 e. The lowest BCUT2D eigenvalue weighted by Crippen LogP contribution is -2.33. The van der Waals surface area contributed by atoms with Gasteiger partial charge in [0.05, 0.1) is 0 Å². The van der Waals surface area contributed by atoms with Gasteiger partial charge in [-0.2, -0.15) is 0 Å². The molecule has 2 N–H and O–H groups in total. The molecule has 0 aromatic heterocycles. The molecule has 0 aromatic rings. The fourth-order valence-electron chi connectivity index (χ4n) is 1.09. The van der Waals surface area contributed by atoms with Gasteiger partial charge in [-0.25, -0.2) is 0 Å². The van der Waals surface area contributed by atoms with Gasteiger partial charge in [0.1, 0.15) is 0 Å². The van der Waals surface area contributed by atoms with Gasteiger partial charge >= 0.3 is 0 Å². The van der Waals surface area contributed by atoms with E-state index in [0.29, 0.717) is 0 Å². The fourth-order valence-corrected chi connectivity index (χ4v) is 1.09. The molecule has 0 heterocycles. The summed E-state index contributed by atoms with van der Waals surface area (Å²) < 4.78 is 0. The van der Waals surface area contributed by atoms with Crippen molar-refractivity contribution in [3.8, 4) is 0 Å². The quantitative estimate of drug-likeness (QED) is 0.587. The molecule has 1 nitrogen and oxygen atoms in total. The van der Waals surface area contributed by atoms with Crippen molar-refractivity contribution in [2.75, 3.05) is 0 Å². The van der Waals surface area contributed by atoms with Crippen LogP contribution in [0.25, 0.3) is 0 Å². The minimum absolute atomic E-state index is 0.156. The summed E-state index contributed by atoms with van der Waals surface area (Å²) in [6.45, 7) is 4.07. The van der Waals surface area contributed by atoms with Gasteiger partial charge in [0.25, 0.3) is 0 Å². The summed E-state index contributed by atoms with van der Waals surface area (Å²) in [5, 5.41) is 0. The lowest BCUT2D eigenvalue weighted by atomic mass is 9.91. The van der Waals surface area contributed by atoms with Crippen LogP contribution in [-0.4, -0.2) is 5.54 Å². The van der Waals surface area contributed by atoms with Gasteiger partial charge in [0.15, 0.2) is 0 Å². The second kappa shape index (κ2) is 2.59. The highest BCUT2D eigenvalue weighted by Crippen LogP contribution is 2.19. The molecule has 0 aromatic carbocycles. The van der Waals surface area contributed by atoms with Crippen LogP contribution in [-0.2, 0) is 0 Å². The maximum absolute atomic E-state index is 5.89. The van der Waals surface area contributed by atoms with Crippen molar-refractivity contribution in [2.45, 2.75) is 32.2 Å². The third kappa shape index (κ3) is 1.71. The van der Waals surface area contributed by atoms with Gasteiger partial charge in [-0.05, 0) is 32.3 Å². The first kappa shape index (κ1) is 7.55. The summed E-state index contributed by atoms with van der Waals surface area (Å²) in [5.74, 6) is 0. The molecule has 0 bridgehead atoms. The normalized spacial score (nSPS) is 18.9. The maximum atomic E-state index is 5.89. The number of hydrogen-bond acceptors (Lipinski definition) is 1. The van der Waals surface area contributed by atoms with Gasteiger partial charge in [-0.3, -0.25) is 0 Å². The number of allylic oxidation sites excluding steroid dienone is 2. The highest BCUT2D eigenvalue weighted by Gasteiger charge is 2.15. The van der Waals surface area contributed by atoms with Crippen LogP contribution in [0.5, 0.6) is 0 Å². The Morgan fingerprint density at radius 2 is 2.10 bits per heavy atom. The van der Waals surface area contributed by atoms with Crippen LogP contribution in [0.1, 0.15) is 26.7 Å². The van der Waals surface area contributed by atoms with Crippen molar-refractivity contribution in [3.63, 3.8) is 0 Å². The van der Waals surface area contributed by atoms with E-state index in [4.69, 9.17) is 5.73 Å². The highest BCUT2D eigenvalue weighted by molar-refractivity contribution is 5.30. The van der Waals surface area contributed by atoms with E-state index in [-0.39, 0.29) is 5.54 Å². The average molecular weight is 137 g/mol. The lowest BCUT2D eigenvalue weighted by molar-refractivity contribution is 0.619. The molecule has 0 aliphatic heterocycles. The van der Waals surface area contributed by atoms with Crippen molar-refractivity contribution in [3.05, 3.63) is 23.8 Å². The van der Waals surface area contributed by atoms with E-state index in [0.717, 1.165) is 6.42 Å². The van der Waals surface area contributed by atoms with Gasteiger partial charge in [0.2, 0.25) is 0 Å². The monoisotopic (exact) mass is 137 g/mol. The van der Waals surface area contributed by atoms with Crippen molar-refractivity contribution < 1.29 is 0 Å². The number of rotatable bonds is 1. The second-order valence-electron chi connectivity index (χ2n) is 3.36. The Balaban J connectivity index is 2.73. The zero-order valence-electron chi connectivity index (χ0n) is 6.72. The SMILES string of the molecule is CC(C)(N)C1=CCCC=C1. The Labute approximate surface area is 62.6 Å². The molecule has 0 saturated heterocycles. The number of hydrogen-bond donors (Lipinski definition) is 1. The Kier molecular flexibility index (Phi) is 1.95. The molecular weight excluding hydrogens is 122 g/mol. The molecule has 0 radical (unpaired) electrons. The molecule has 0 spiro atoms. The van der Waals surface area contributed by atoms with E-state index in [1.807, 2.05) is 13.8 Å². The Bertz CT molecular complexity index is 170. The second-order valence-corrected chi connectivity index (χ2v) is 3.36. The van der Waals surface area contributed by atoms with Gasteiger partial charge in [0, 0.05) is 5.54 Å². The van der Waals surface area contributed by atoms with Gasteiger partial charge in [-0.1, -0.05) is 18.2 Å². The lowest BCUT2D eigenvalue weighted by Gasteiger charge is -2.22. The molecule has 0 fully saturated rings. The van der Waals surface area contributed by atoms with Crippen molar-refractivity contribution in [1.29, 1.82) is 0 Å². The molecule has 1 aliphatic rings. The van der Waals surface area contributed by atoms with E-state index in [9.17, 15) is 0 Å². The standard InChI is InChI=1S/C9H15N/c1-9(2,10)8-6-4-3-5-7-8/h4,6-7H,3,5,10H2,1-2H3. The van der Waals surface area contributed by atoms with Crippen LogP contribution in [0.2, 0.25) is 0 Å². The Hall–Kier alpha value is -0.560. The van der Waals surface area contributed by atoms with Crippen molar-refractivity contribution in [1.82, 2.24) is 0 Å². The molecule has 10 heavy (non-hydrogen) atoms. The van der Waals surface area contributed by atoms with Crippen molar-refractivity contribution in [2.24, 2.45) is 5.73 Å². The first-order chi connectivity index (χ1) is 4.61. The van der Waals surface area contributed by atoms with Crippen LogP contribution in [0.4, 0.5) is 0 Å². The molecule has 56 valence electrons. The molecule has 1 heteroatoms. The third-order valence-electron chi connectivity index (χ3n) is 1.74. The Morgan fingerprint density at radius 1 is 1.40 bits per heavy atom. The van der Waals surface area contributed by atoms with E-state index in [1.54, 1.807) is 0 Å². The summed E-state index contributed by atoms with van der Waals surface area (Å²) in [4.78, 5) is 0. The first-order valence-corrected chi connectivity index (χ1v) is 3.77. The van der Waals surface area contributed by atoms with Crippen molar-refractivity contribution >= 4 is 0 Å². The predicted octanol–water partition coefficient (Wildman–Crippen LogP) is 2.00. The van der Waals surface area contributed by atoms with Crippen LogP contribution in [0.3, 0.4) is 0 Å². The van der Waals surface area contributed by atoms with E-state index < -0.39 is 0 Å². The fraction of sp³-hybridized carbons (Fsp3) is 0.556.